The summed E-state index contributed by atoms with van der Waals surface area (Å²) in [4.78, 5) is 13.3. The molecule has 0 spiro atoms. The average molecular weight is 207 g/mol. The first kappa shape index (κ1) is 11.7. The zero-order valence-electron chi connectivity index (χ0n) is 9.18. The van der Waals surface area contributed by atoms with Crippen molar-refractivity contribution in [3.05, 3.63) is 30.3 Å². The maximum absolute atomic E-state index is 11.7. The molecule has 0 radical (unpaired) electrons. The van der Waals surface area contributed by atoms with Crippen molar-refractivity contribution in [2.75, 3.05) is 11.9 Å². The topological polar surface area (TPSA) is 40.5 Å². The molecule has 0 fully saturated rings. The molecule has 0 aromatic heterocycles. The molecule has 0 heterocycles. The fourth-order valence-electron chi connectivity index (χ4n) is 1.30. The third-order valence-electron chi connectivity index (χ3n) is 2.29. The fraction of sp³-hybridized carbons (Fsp3) is 0.417. The minimum Gasteiger partial charge on any atom is -0.393 e. The third kappa shape index (κ3) is 3.72. The van der Waals surface area contributed by atoms with Crippen LogP contribution >= 0.6 is 0 Å². The SMILES string of the molecule is CC(O)CCC(=O)N(C)c1ccccc1. The van der Waals surface area contributed by atoms with Gasteiger partial charge in [0.05, 0.1) is 6.10 Å². The first-order valence-electron chi connectivity index (χ1n) is 5.11. The Kier molecular flexibility index (Phi) is 4.31. The smallest absolute Gasteiger partial charge is 0.226 e. The maximum Gasteiger partial charge on any atom is 0.226 e. The molecular weight excluding hydrogens is 190 g/mol. The van der Waals surface area contributed by atoms with Crippen LogP contribution in [0.4, 0.5) is 5.69 Å². The van der Waals surface area contributed by atoms with Crippen molar-refractivity contribution in [1.29, 1.82) is 0 Å². The summed E-state index contributed by atoms with van der Waals surface area (Å²) in [5.41, 5.74) is 0.882. The molecule has 0 saturated heterocycles. The summed E-state index contributed by atoms with van der Waals surface area (Å²) in [6.07, 6.45) is 0.470. The normalized spacial score (nSPS) is 12.2. The molecule has 3 heteroatoms. The van der Waals surface area contributed by atoms with Gasteiger partial charge >= 0.3 is 0 Å². The molecule has 1 aromatic carbocycles. The molecule has 1 unspecified atom stereocenters. The second kappa shape index (κ2) is 5.51. The van der Waals surface area contributed by atoms with Gasteiger partial charge in [0.15, 0.2) is 0 Å². The van der Waals surface area contributed by atoms with Gasteiger partial charge in [0.1, 0.15) is 0 Å². The lowest BCUT2D eigenvalue weighted by molar-refractivity contribution is -0.118. The van der Waals surface area contributed by atoms with Crippen LogP contribution in [0.3, 0.4) is 0 Å². The van der Waals surface area contributed by atoms with Crippen molar-refractivity contribution >= 4 is 11.6 Å². The Bertz CT molecular complexity index is 309. The monoisotopic (exact) mass is 207 g/mol. The van der Waals surface area contributed by atoms with E-state index in [1.807, 2.05) is 30.3 Å². The highest BCUT2D eigenvalue weighted by Gasteiger charge is 2.10. The van der Waals surface area contributed by atoms with Crippen LogP contribution in [0.1, 0.15) is 19.8 Å². The molecule has 0 bridgehead atoms. The summed E-state index contributed by atoms with van der Waals surface area (Å²) in [6.45, 7) is 1.69. The lowest BCUT2D eigenvalue weighted by Gasteiger charge is -2.17. The van der Waals surface area contributed by atoms with E-state index >= 15 is 0 Å². The molecule has 1 amide bonds. The fourth-order valence-corrected chi connectivity index (χ4v) is 1.30. The highest BCUT2D eigenvalue weighted by molar-refractivity contribution is 5.92. The number of carbonyl (C=O) groups excluding carboxylic acids is 1. The summed E-state index contributed by atoms with van der Waals surface area (Å²) >= 11 is 0. The van der Waals surface area contributed by atoms with Gasteiger partial charge in [0, 0.05) is 19.2 Å². The van der Waals surface area contributed by atoms with Crippen LogP contribution in [-0.2, 0) is 4.79 Å². The lowest BCUT2D eigenvalue weighted by atomic mass is 10.2. The van der Waals surface area contributed by atoms with E-state index < -0.39 is 6.10 Å². The zero-order valence-corrected chi connectivity index (χ0v) is 9.18. The van der Waals surface area contributed by atoms with Crippen LogP contribution in [0.25, 0.3) is 0 Å². The first-order chi connectivity index (χ1) is 7.11. The lowest BCUT2D eigenvalue weighted by Crippen LogP contribution is -2.26. The Hall–Kier alpha value is -1.35. The van der Waals surface area contributed by atoms with Crippen LogP contribution in [-0.4, -0.2) is 24.2 Å². The Morgan fingerprint density at radius 3 is 2.53 bits per heavy atom. The molecule has 1 aromatic rings. The Morgan fingerprint density at radius 2 is 2.00 bits per heavy atom. The molecule has 0 aliphatic carbocycles. The summed E-state index contributed by atoms with van der Waals surface area (Å²) in [6, 6.07) is 9.49. The Morgan fingerprint density at radius 1 is 1.40 bits per heavy atom. The number of amides is 1. The van der Waals surface area contributed by atoms with Gasteiger partial charge in [-0.15, -0.1) is 0 Å². The van der Waals surface area contributed by atoms with Crippen molar-refractivity contribution in [2.45, 2.75) is 25.9 Å². The number of aliphatic hydroxyl groups excluding tert-OH is 1. The number of anilines is 1. The molecule has 82 valence electrons. The van der Waals surface area contributed by atoms with Crippen LogP contribution < -0.4 is 4.90 Å². The van der Waals surface area contributed by atoms with Crippen LogP contribution in [0.5, 0.6) is 0 Å². The maximum atomic E-state index is 11.7. The van der Waals surface area contributed by atoms with Crippen molar-refractivity contribution < 1.29 is 9.90 Å². The van der Waals surface area contributed by atoms with Crippen LogP contribution in [0, 0.1) is 0 Å². The van der Waals surface area contributed by atoms with Gasteiger partial charge in [0.25, 0.3) is 0 Å². The first-order valence-corrected chi connectivity index (χ1v) is 5.11. The van der Waals surface area contributed by atoms with Gasteiger partial charge in [-0.2, -0.15) is 0 Å². The number of benzene rings is 1. The Labute approximate surface area is 90.3 Å². The Balaban J connectivity index is 2.54. The summed E-state index contributed by atoms with van der Waals surface area (Å²) in [5.74, 6) is 0.0297. The number of para-hydroxylation sites is 1. The molecule has 0 aliphatic rings. The highest BCUT2D eigenvalue weighted by atomic mass is 16.3. The van der Waals surface area contributed by atoms with Gasteiger partial charge in [-0.1, -0.05) is 18.2 Å². The predicted molar refractivity (Wildman–Crippen MR) is 60.8 cm³/mol. The van der Waals surface area contributed by atoms with Gasteiger partial charge in [-0.05, 0) is 25.5 Å². The summed E-state index contributed by atoms with van der Waals surface area (Å²) in [5, 5.41) is 9.08. The molecule has 1 rings (SSSR count). The van der Waals surface area contributed by atoms with Gasteiger partial charge in [-0.3, -0.25) is 4.79 Å². The van der Waals surface area contributed by atoms with E-state index in [1.54, 1.807) is 18.9 Å². The number of rotatable bonds is 4. The van der Waals surface area contributed by atoms with E-state index in [0.717, 1.165) is 5.69 Å². The second-order valence-electron chi connectivity index (χ2n) is 3.68. The largest absolute Gasteiger partial charge is 0.393 e. The predicted octanol–water partition coefficient (Wildman–Crippen LogP) is 1.81. The standard InChI is InChI=1S/C12H17NO2/c1-10(14)8-9-12(15)13(2)11-6-4-3-5-7-11/h3-7,10,14H,8-9H2,1-2H3. The third-order valence-corrected chi connectivity index (χ3v) is 2.29. The van der Waals surface area contributed by atoms with Crippen LogP contribution in [0.15, 0.2) is 30.3 Å². The van der Waals surface area contributed by atoms with Crippen molar-refractivity contribution in [3.63, 3.8) is 0 Å². The average Bonchev–Trinajstić information content (AvgIpc) is 2.26. The van der Waals surface area contributed by atoms with E-state index in [4.69, 9.17) is 5.11 Å². The summed E-state index contributed by atoms with van der Waals surface area (Å²) < 4.78 is 0. The number of carbonyl (C=O) groups is 1. The zero-order chi connectivity index (χ0) is 11.3. The van der Waals surface area contributed by atoms with E-state index in [1.165, 1.54) is 0 Å². The number of nitrogens with zero attached hydrogens (tertiary/aromatic N) is 1. The minimum absolute atomic E-state index is 0.0297. The van der Waals surface area contributed by atoms with E-state index in [9.17, 15) is 4.79 Å². The molecule has 1 atom stereocenters. The van der Waals surface area contributed by atoms with Gasteiger partial charge in [-0.25, -0.2) is 0 Å². The van der Waals surface area contributed by atoms with E-state index in [0.29, 0.717) is 12.8 Å². The molecule has 3 nitrogen and oxygen atoms in total. The molecule has 1 N–H and O–H groups in total. The van der Waals surface area contributed by atoms with E-state index in [-0.39, 0.29) is 5.91 Å². The second-order valence-corrected chi connectivity index (χ2v) is 3.68. The van der Waals surface area contributed by atoms with Crippen molar-refractivity contribution in [3.8, 4) is 0 Å². The minimum atomic E-state index is -0.418. The van der Waals surface area contributed by atoms with Crippen molar-refractivity contribution in [1.82, 2.24) is 0 Å². The van der Waals surface area contributed by atoms with Gasteiger partial charge < -0.3 is 10.0 Å². The highest BCUT2D eigenvalue weighted by Crippen LogP contribution is 2.12. The number of hydrogen-bond acceptors (Lipinski definition) is 2. The molecule has 0 aliphatic heterocycles. The molecule has 15 heavy (non-hydrogen) atoms. The number of aliphatic hydroxyl groups is 1. The van der Waals surface area contributed by atoms with Crippen LogP contribution in [0.2, 0.25) is 0 Å². The molecule has 0 saturated carbocycles. The molecular formula is C12H17NO2. The van der Waals surface area contributed by atoms with Gasteiger partial charge in [0.2, 0.25) is 5.91 Å². The summed E-state index contributed by atoms with van der Waals surface area (Å²) in [7, 11) is 1.75. The van der Waals surface area contributed by atoms with Crippen molar-refractivity contribution in [2.24, 2.45) is 0 Å². The van der Waals surface area contributed by atoms with E-state index in [2.05, 4.69) is 0 Å². The number of hydrogen-bond donors (Lipinski definition) is 1. The quantitative estimate of drug-likeness (QED) is 0.818.